The summed E-state index contributed by atoms with van der Waals surface area (Å²) in [5, 5.41) is 11.3. The number of esters is 1. The third-order valence-electron chi connectivity index (χ3n) is 6.32. The molecule has 0 N–H and O–H groups in total. The maximum absolute atomic E-state index is 14.0. The summed E-state index contributed by atoms with van der Waals surface area (Å²) in [7, 11) is 0. The summed E-state index contributed by atoms with van der Waals surface area (Å²) in [6.45, 7) is 0. The van der Waals surface area contributed by atoms with Gasteiger partial charge in [0.2, 0.25) is 0 Å². The molecule has 33 heavy (non-hydrogen) atoms. The molecule has 3 aliphatic rings. The Morgan fingerprint density at radius 1 is 0.879 bits per heavy atom. The van der Waals surface area contributed by atoms with Crippen molar-refractivity contribution in [2.45, 2.75) is 5.60 Å². The average Bonchev–Trinajstić information content (AvgIpc) is 3.12. The molecule has 2 aliphatic heterocycles. The monoisotopic (exact) mass is 437 g/mol. The fourth-order valence-electron chi connectivity index (χ4n) is 4.93. The van der Waals surface area contributed by atoms with Gasteiger partial charge in [-0.15, -0.1) is 0 Å². The highest BCUT2D eigenvalue weighted by Gasteiger charge is 2.61. The molecular weight excluding hydrogens is 422 g/mol. The molecule has 7 heteroatoms. The van der Waals surface area contributed by atoms with E-state index < -0.39 is 22.4 Å². The molecule has 2 atom stereocenters. The number of carbonyl (C=O) groups is 2. The van der Waals surface area contributed by atoms with E-state index in [4.69, 9.17) is 9.47 Å². The molecule has 3 aromatic carbocycles. The van der Waals surface area contributed by atoms with Gasteiger partial charge in [-0.05, 0) is 29.8 Å². The lowest BCUT2D eigenvalue weighted by Crippen LogP contribution is -2.47. The van der Waals surface area contributed by atoms with Crippen molar-refractivity contribution >= 4 is 23.0 Å². The van der Waals surface area contributed by atoms with Crippen molar-refractivity contribution in [2.24, 2.45) is 5.92 Å². The predicted octanol–water partition coefficient (Wildman–Crippen LogP) is 4.57. The van der Waals surface area contributed by atoms with E-state index in [1.54, 1.807) is 60.7 Å². The summed E-state index contributed by atoms with van der Waals surface area (Å²) >= 11 is 0. The summed E-state index contributed by atoms with van der Waals surface area (Å²) in [5.74, 6) is -0.964. The normalized spacial score (nSPS) is 22.4. The molecule has 0 saturated heterocycles. The lowest BCUT2D eigenvalue weighted by atomic mass is 9.68. The average molecular weight is 437 g/mol. The van der Waals surface area contributed by atoms with Crippen LogP contribution in [0.1, 0.15) is 27.0 Å². The minimum atomic E-state index is -1.40. The van der Waals surface area contributed by atoms with Gasteiger partial charge in [-0.25, -0.2) is 4.79 Å². The molecule has 0 amide bonds. The van der Waals surface area contributed by atoms with Gasteiger partial charge in [0.25, 0.3) is 5.69 Å². The number of Topliss-reactive ketones (excluding diaryl/α,β-unsaturated/α-hetero) is 1. The molecule has 3 aromatic rings. The number of ketones is 1. The first-order valence-electron chi connectivity index (χ1n) is 10.3. The van der Waals surface area contributed by atoms with Crippen molar-refractivity contribution in [2.75, 3.05) is 0 Å². The predicted molar refractivity (Wildman–Crippen MR) is 117 cm³/mol. The number of nitrogens with zero attached hydrogens (tertiary/aromatic N) is 1. The maximum atomic E-state index is 14.0. The van der Waals surface area contributed by atoms with Crippen LogP contribution in [0, 0.1) is 16.0 Å². The van der Waals surface area contributed by atoms with E-state index in [-0.39, 0.29) is 17.0 Å². The first kappa shape index (κ1) is 19.2. The number of para-hydroxylation sites is 1. The highest BCUT2D eigenvalue weighted by atomic mass is 16.6. The Balaban J connectivity index is 1.59. The van der Waals surface area contributed by atoms with Crippen molar-refractivity contribution in [3.8, 4) is 5.75 Å². The van der Waals surface area contributed by atoms with Gasteiger partial charge in [-0.2, -0.15) is 0 Å². The third kappa shape index (κ3) is 2.56. The van der Waals surface area contributed by atoms with Gasteiger partial charge in [0.1, 0.15) is 17.4 Å². The van der Waals surface area contributed by atoms with E-state index in [0.717, 1.165) is 0 Å². The molecule has 7 nitrogen and oxygen atoms in total. The fraction of sp³-hybridized carbons (Fsp3) is 0.0769. The van der Waals surface area contributed by atoms with Crippen molar-refractivity contribution in [1.82, 2.24) is 0 Å². The van der Waals surface area contributed by atoms with Crippen molar-refractivity contribution in [1.29, 1.82) is 0 Å². The molecular formula is C26H15NO6. The van der Waals surface area contributed by atoms with Crippen LogP contribution in [0.15, 0.2) is 90.7 Å². The lowest BCUT2D eigenvalue weighted by Gasteiger charge is -2.43. The quantitative estimate of drug-likeness (QED) is 0.331. The number of non-ortho nitro benzene ring substituents is 1. The Morgan fingerprint density at radius 2 is 1.64 bits per heavy atom. The van der Waals surface area contributed by atoms with Gasteiger partial charge < -0.3 is 9.47 Å². The Hall–Kier alpha value is -4.52. The molecule has 1 spiro atoms. The molecule has 160 valence electrons. The summed E-state index contributed by atoms with van der Waals surface area (Å²) in [6.07, 6.45) is 3.27. The molecule has 0 aromatic heterocycles. The van der Waals surface area contributed by atoms with Gasteiger partial charge in [-0.3, -0.25) is 14.9 Å². The molecule has 0 radical (unpaired) electrons. The molecule has 0 fully saturated rings. The summed E-state index contributed by atoms with van der Waals surface area (Å²) in [6, 6.07) is 20.1. The van der Waals surface area contributed by atoms with E-state index in [2.05, 4.69) is 0 Å². The van der Waals surface area contributed by atoms with Crippen molar-refractivity contribution in [3.05, 3.63) is 123 Å². The Labute approximate surface area is 187 Å². The van der Waals surface area contributed by atoms with E-state index in [1.165, 1.54) is 18.2 Å². The number of hydrogen-bond donors (Lipinski definition) is 0. The molecule has 0 bridgehead atoms. The Morgan fingerprint density at radius 3 is 2.45 bits per heavy atom. The van der Waals surface area contributed by atoms with Crippen LogP contribution in [0.25, 0.3) is 5.57 Å². The second-order valence-corrected chi connectivity index (χ2v) is 8.02. The minimum absolute atomic E-state index is 0.117. The summed E-state index contributed by atoms with van der Waals surface area (Å²) in [4.78, 5) is 37.7. The van der Waals surface area contributed by atoms with Crippen LogP contribution in [0.3, 0.4) is 0 Å². The van der Waals surface area contributed by atoms with E-state index in [0.29, 0.717) is 33.8 Å². The van der Waals surface area contributed by atoms with Crippen LogP contribution in [0.5, 0.6) is 5.75 Å². The highest BCUT2D eigenvalue weighted by Crippen LogP contribution is 2.57. The number of ether oxygens (including phenoxy) is 2. The van der Waals surface area contributed by atoms with Crippen molar-refractivity contribution in [3.63, 3.8) is 0 Å². The summed E-state index contributed by atoms with van der Waals surface area (Å²) in [5.41, 5.74) is 0.758. The number of fused-ring (bicyclic) bond motifs is 6. The van der Waals surface area contributed by atoms with Gasteiger partial charge in [0.05, 0.1) is 10.5 Å². The van der Waals surface area contributed by atoms with Crippen LogP contribution in [-0.4, -0.2) is 16.7 Å². The third-order valence-corrected chi connectivity index (χ3v) is 6.32. The van der Waals surface area contributed by atoms with E-state index in [9.17, 15) is 19.7 Å². The first-order chi connectivity index (χ1) is 16.0. The lowest BCUT2D eigenvalue weighted by molar-refractivity contribution is -0.384. The molecule has 1 aliphatic carbocycles. The van der Waals surface area contributed by atoms with E-state index in [1.807, 2.05) is 6.07 Å². The Bertz CT molecular complexity index is 1450. The molecule has 0 saturated carbocycles. The highest BCUT2D eigenvalue weighted by molar-refractivity contribution is 6.25. The number of nitro benzene ring substituents is 1. The van der Waals surface area contributed by atoms with Gasteiger partial charge in [0, 0.05) is 28.8 Å². The number of carbonyl (C=O) groups excluding carboxylic acids is 2. The molecule has 2 unspecified atom stereocenters. The van der Waals surface area contributed by atoms with Crippen molar-refractivity contribution < 1.29 is 24.0 Å². The van der Waals surface area contributed by atoms with Crippen LogP contribution in [0.4, 0.5) is 5.69 Å². The smallest absolute Gasteiger partial charge is 0.339 e. The first-order valence-corrected chi connectivity index (χ1v) is 10.3. The number of allylic oxidation sites excluding steroid dienone is 3. The van der Waals surface area contributed by atoms with Gasteiger partial charge in [0.15, 0.2) is 11.4 Å². The summed E-state index contributed by atoms with van der Waals surface area (Å²) < 4.78 is 12.1. The Kier molecular flexibility index (Phi) is 3.92. The van der Waals surface area contributed by atoms with E-state index >= 15 is 0 Å². The largest absolute Gasteiger partial charge is 0.460 e. The van der Waals surface area contributed by atoms with Crippen LogP contribution in [-0.2, 0) is 15.1 Å². The minimum Gasteiger partial charge on any atom is -0.460 e. The number of benzene rings is 3. The zero-order chi connectivity index (χ0) is 22.7. The molecule has 2 heterocycles. The maximum Gasteiger partial charge on any atom is 0.339 e. The SMILES string of the molecule is O=C1OC2(c3ccccc3OC3=CC=C(c4cccc([N+](=O)[O-])c4)C(=O)C32)c2ccccc21. The second kappa shape index (κ2) is 6.74. The fourth-order valence-corrected chi connectivity index (χ4v) is 4.93. The number of hydrogen-bond acceptors (Lipinski definition) is 6. The molecule has 6 rings (SSSR count). The van der Waals surface area contributed by atoms with Crippen LogP contribution < -0.4 is 4.74 Å². The van der Waals surface area contributed by atoms with Crippen LogP contribution in [0.2, 0.25) is 0 Å². The van der Waals surface area contributed by atoms with Gasteiger partial charge in [-0.1, -0.05) is 48.5 Å². The zero-order valence-electron chi connectivity index (χ0n) is 17.1. The number of rotatable bonds is 2. The zero-order valence-corrected chi connectivity index (χ0v) is 17.1. The second-order valence-electron chi connectivity index (χ2n) is 8.02. The van der Waals surface area contributed by atoms with Gasteiger partial charge >= 0.3 is 5.97 Å². The number of nitro groups is 1. The standard InChI is InChI=1S/C26H15NO6/c28-24-17(15-6-5-7-16(14-15)27(30)31)12-13-22-23(24)26(20-10-3-4-11-21(20)32-22)19-9-2-1-8-18(19)25(29)33-26/h1-14,23H. The van der Waals surface area contributed by atoms with Crippen LogP contribution >= 0.6 is 0 Å². The topological polar surface area (TPSA) is 95.7 Å².